The maximum absolute atomic E-state index is 10.3. The number of fused-ring (bicyclic) bond motifs is 5. The molecule has 4 rings (SSSR count). The average Bonchev–Trinajstić information content (AvgIpc) is 2.99. The summed E-state index contributed by atoms with van der Waals surface area (Å²) in [7, 11) is 0. The number of hydrogen-bond donors (Lipinski definition) is 1. The highest BCUT2D eigenvalue weighted by Gasteiger charge is 2.60. The zero-order chi connectivity index (χ0) is 20.1. The van der Waals surface area contributed by atoms with Gasteiger partial charge in [-0.05, 0) is 110 Å². The zero-order valence-corrected chi connectivity index (χ0v) is 19.6. The Hall–Kier alpha value is -0.0400. The van der Waals surface area contributed by atoms with E-state index in [0.29, 0.717) is 10.8 Å². The van der Waals surface area contributed by atoms with E-state index in [0.717, 1.165) is 54.3 Å². The molecule has 162 valence electrons. The molecule has 4 fully saturated rings. The normalized spacial score (nSPS) is 49.4. The maximum atomic E-state index is 10.3. The Morgan fingerprint density at radius 1 is 0.821 bits per heavy atom. The van der Waals surface area contributed by atoms with Crippen molar-refractivity contribution in [3.8, 4) is 0 Å². The molecule has 28 heavy (non-hydrogen) atoms. The molecule has 0 amide bonds. The molecule has 4 aliphatic rings. The van der Waals surface area contributed by atoms with Crippen LogP contribution in [-0.2, 0) is 0 Å². The van der Waals surface area contributed by atoms with E-state index in [9.17, 15) is 5.11 Å². The van der Waals surface area contributed by atoms with Gasteiger partial charge < -0.3 is 5.11 Å². The van der Waals surface area contributed by atoms with Crippen LogP contribution < -0.4 is 0 Å². The van der Waals surface area contributed by atoms with Crippen molar-refractivity contribution in [1.29, 1.82) is 0 Å². The van der Waals surface area contributed by atoms with Crippen LogP contribution in [0.1, 0.15) is 112 Å². The highest BCUT2D eigenvalue weighted by molar-refractivity contribution is 5.09. The summed E-state index contributed by atoms with van der Waals surface area (Å²) in [5, 5.41) is 10.3. The maximum Gasteiger partial charge on any atom is 0.0543 e. The fourth-order valence-electron chi connectivity index (χ4n) is 9.26. The highest BCUT2D eigenvalue weighted by atomic mass is 16.3. The van der Waals surface area contributed by atoms with E-state index in [1.807, 2.05) is 0 Å². The van der Waals surface area contributed by atoms with Gasteiger partial charge in [0.1, 0.15) is 0 Å². The van der Waals surface area contributed by atoms with Crippen molar-refractivity contribution in [2.45, 2.75) is 118 Å². The van der Waals surface area contributed by atoms with Crippen LogP contribution in [0.4, 0.5) is 0 Å². The monoisotopic (exact) mass is 388 g/mol. The molecule has 0 aromatic carbocycles. The molecule has 0 radical (unpaired) electrons. The lowest BCUT2D eigenvalue weighted by atomic mass is 9.44. The third-order valence-electron chi connectivity index (χ3n) is 10.8. The van der Waals surface area contributed by atoms with Gasteiger partial charge in [-0.15, -0.1) is 0 Å². The van der Waals surface area contributed by atoms with E-state index in [1.165, 1.54) is 64.2 Å². The van der Waals surface area contributed by atoms with Crippen LogP contribution in [0.25, 0.3) is 0 Å². The van der Waals surface area contributed by atoms with Crippen LogP contribution in [0.2, 0.25) is 0 Å². The molecule has 0 spiro atoms. The minimum atomic E-state index is -0.00830. The summed E-state index contributed by atoms with van der Waals surface area (Å²) in [5.41, 5.74) is 1.15. The van der Waals surface area contributed by atoms with Gasteiger partial charge >= 0.3 is 0 Å². The SMILES string of the molecule is CC(C)CCCC(C)C1CCC2C3CC[C@H]4CC(O)CCC4(C)C3CCC12C. The third-order valence-corrected chi connectivity index (χ3v) is 10.8. The van der Waals surface area contributed by atoms with Gasteiger partial charge in [0.2, 0.25) is 0 Å². The summed E-state index contributed by atoms with van der Waals surface area (Å²) in [6.45, 7) is 12.7. The Bertz CT molecular complexity index is 540. The molecule has 1 N–H and O–H groups in total. The molecule has 0 aliphatic heterocycles. The topological polar surface area (TPSA) is 20.2 Å². The van der Waals surface area contributed by atoms with Gasteiger partial charge in [-0.25, -0.2) is 0 Å². The Labute approximate surface area is 175 Å². The van der Waals surface area contributed by atoms with Crippen LogP contribution in [0.5, 0.6) is 0 Å². The van der Waals surface area contributed by atoms with E-state index in [-0.39, 0.29) is 6.10 Å². The second-order valence-electron chi connectivity index (χ2n) is 12.6. The molecular formula is C27H48O. The van der Waals surface area contributed by atoms with Crippen LogP contribution in [0.15, 0.2) is 0 Å². The predicted molar refractivity (Wildman–Crippen MR) is 119 cm³/mol. The van der Waals surface area contributed by atoms with Crippen molar-refractivity contribution in [3.05, 3.63) is 0 Å². The Morgan fingerprint density at radius 3 is 2.29 bits per heavy atom. The van der Waals surface area contributed by atoms with Gasteiger partial charge in [0.25, 0.3) is 0 Å². The molecular weight excluding hydrogens is 340 g/mol. The van der Waals surface area contributed by atoms with E-state index >= 15 is 0 Å². The second kappa shape index (κ2) is 7.90. The summed E-state index contributed by atoms with van der Waals surface area (Å²) in [4.78, 5) is 0. The van der Waals surface area contributed by atoms with Crippen molar-refractivity contribution in [2.24, 2.45) is 52.3 Å². The summed E-state index contributed by atoms with van der Waals surface area (Å²) >= 11 is 0. The van der Waals surface area contributed by atoms with Crippen molar-refractivity contribution >= 4 is 0 Å². The van der Waals surface area contributed by atoms with Crippen molar-refractivity contribution in [1.82, 2.24) is 0 Å². The molecule has 1 heteroatoms. The molecule has 0 aromatic rings. The third kappa shape index (κ3) is 3.50. The quantitative estimate of drug-likeness (QED) is 0.518. The lowest BCUT2D eigenvalue weighted by Gasteiger charge is -2.61. The van der Waals surface area contributed by atoms with E-state index in [2.05, 4.69) is 34.6 Å². The Kier molecular flexibility index (Phi) is 5.98. The first-order valence-corrected chi connectivity index (χ1v) is 12.9. The number of rotatable bonds is 5. The van der Waals surface area contributed by atoms with Crippen LogP contribution in [0, 0.1) is 52.3 Å². The van der Waals surface area contributed by atoms with Crippen LogP contribution >= 0.6 is 0 Å². The summed E-state index contributed by atoms with van der Waals surface area (Å²) in [6.07, 6.45) is 16.6. The minimum absolute atomic E-state index is 0.00830. The fraction of sp³-hybridized carbons (Fsp3) is 1.00. The molecule has 8 unspecified atom stereocenters. The van der Waals surface area contributed by atoms with Crippen molar-refractivity contribution in [3.63, 3.8) is 0 Å². The number of aliphatic hydroxyl groups excluding tert-OH is 1. The standard InChI is InChI=1S/C27H48O/c1-18(2)7-6-8-19(3)23-11-12-24-22-10-9-20-17-21(28)13-15-26(20,4)25(22)14-16-27(23,24)5/h18-25,28H,6-17H2,1-5H3/t19?,20-,21?,22?,23?,24?,25?,26?,27?/m0/s1. The fourth-order valence-corrected chi connectivity index (χ4v) is 9.26. The van der Waals surface area contributed by atoms with Gasteiger partial charge in [-0.2, -0.15) is 0 Å². The van der Waals surface area contributed by atoms with E-state index in [1.54, 1.807) is 0 Å². The van der Waals surface area contributed by atoms with Crippen molar-refractivity contribution < 1.29 is 5.11 Å². The van der Waals surface area contributed by atoms with Gasteiger partial charge in [0.05, 0.1) is 6.10 Å². The van der Waals surface area contributed by atoms with Crippen molar-refractivity contribution in [2.75, 3.05) is 0 Å². The molecule has 0 heterocycles. The molecule has 0 bridgehead atoms. The lowest BCUT2D eigenvalue weighted by molar-refractivity contribution is -0.129. The first-order chi connectivity index (χ1) is 13.3. The molecule has 4 saturated carbocycles. The van der Waals surface area contributed by atoms with Gasteiger partial charge in [-0.1, -0.05) is 53.9 Å². The Morgan fingerprint density at radius 2 is 1.54 bits per heavy atom. The molecule has 0 saturated heterocycles. The van der Waals surface area contributed by atoms with Gasteiger partial charge in [0.15, 0.2) is 0 Å². The largest absolute Gasteiger partial charge is 0.393 e. The van der Waals surface area contributed by atoms with Gasteiger partial charge in [0, 0.05) is 0 Å². The molecule has 4 aliphatic carbocycles. The highest BCUT2D eigenvalue weighted by Crippen LogP contribution is 2.68. The average molecular weight is 389 g/mol. The van der Waals surface area contributed by atoms with Crippen LogP contribution in [0.3, 0.4) is 0 Å². The van der Waals surface area contributed by atoms with E-state index in [4.69, 9.17) is 0 Å². The second-order valence-corrected chi connectivity index (χ2v) is 12.6. The first-order valence-electron chi connectivity index (χ1n) is 12.9. The van der Waals surface area contributed by atoms with Crippen LogP contribution in [-0.4, -0.2) is 11.2 Å². The smallest absolute Gasteiger partial charge is 0.0543 e. The summed E-state index contributed by atoms with van der Waals surface area (Å²) < 4.78 is 0. The summed E-state index contributed by atoms with van der Waals surface area (Å²) in [6, 6.07) is 0. The molecule has 0 aromatic heterocycles. The number of aliphatic hydroxyl groups is 1. The van der Waals surface area contributed by atoms with E-state index < -0.39 is 0 Å². The first kappa shape index (κ1) is 21.2. The Balaban J connectivity index is 1.46. The molecule has 1 nitrogen and oxygen atoms in total. The number of hydrogen-bond acceptors (Lipinski definition) is 1. The lowest BCUT2D eigenvalue weighted by Crippen LogP contribution is -2.54. The zero-order valence-electron chi connectivity index (χ0n) is 19.6. The summed E-state index contributed by atoms with van der Waals surface area (Å²) in [5.74, 6) is 6.49. The predicted octanol–water partition coefficient (Wildman–Crippen LogP) is 7.47. The minimum Gasteiger partial charge on any atom is -0.393 e. The molecule has 9 atom stereocenters. The van der Waals surface area contributed by atoms with Gasteiger partial charge in [-0.3, -0.25) is 0 Å².